The number of carboxylic acids is 1. The molecular weight excluding hydrogens is 194 g/mol. The highest BCUT2D eigenvalue weighted by Crippen LogP contribution is 2.17. The average molecular weight is 203 g/mol. The molecule has 0 spiro atoms. The molecule has 2 heterocycles. The third-order valence-corrected chi connectivity index (χ3v) is 2.27. The molecule has 0 atom stereocenters. The fourth-order valence-electron chi connectivity index (χ4n) is 1.60. The Hall–Kier alpha value is -2.10. The van der Waals surface area contributed by atoms with Gasteiger partial charge in [-0.1, -0.05) is 6.07 Å². The molecule has 4 heteroatoms. The third kappa shape index (κ3) is 1.40. The van der Waals surface area contributed by atoms with Crippen LogP contribution in [0.1, 0.15) is 27.8 Å². The number of hydrogen-bond acceptors (Lipinski definition) is 2. The lowest BCUT2D eigenvalue weighted by Crippen LogP contribution is -1.97. The van der Waals surface area contributed by atoms with Gasteiger partial charge in [0.1, 0.15) is 0 Å². The minimum atomic E-state index is -1.02. The van der Waals surface area contributed by atoms with E-state index in [1.807, 2.05) is 0 Å². The fraction of sp³-hybridized carbons (Fsp3) is 0.0909. The lowest BCUT2D eigenvalue weighted by molar-refractivity contribution is 0.0699. The van der Waals surface area contributed by atoms with E-state index in [-0.39, 0.29) is 11.3 Å². The summed E-state index contributed by atoms with van der Waals surface area (Å²) in [6, 6.07) is 6.58. The molecule has 4 nitrogen and oxygen atoms in total. The van der Waals surface area contributed by atoms with Crippen LogP contribution in [0.2, 0.25) is 0 Å². The standard InChI is InChI=1S/C11H9NO3/c1-7(13)10-6-8(11(14)15)9-4-2-3-5-12(9)10/h2-6H,1H3,(H,14,15). The van der Waals surface area contributed by atoms with Gasteiger partial charge in [0.05, 0.1) is 16.8 Å². The zero-order valence-corrected chi connectivity index (χ0v) is 8.10. The zero-order valence-electron chi connectivity index (χ0n) is 8.10. The minimum absolute atomic E-state index is 0.149. The molecule has 2 aromatic rings. The molecule has 0 amide bonds. The Morgan fingerprint density at radius 2 is 2.07 bits per heavy atom. The summed E-state index contributed by atoms with van der Waals surface area (Å²) >= 11 is 0. The van der Waals surface area contributed by atoms with Crippen molar-refractivity contribution >= 4 is 17.3 Å². The highest BCUT2D eigenvalue weighted by atomic mass is 16.4. The monoisotopic (exact) mass is 203 g/mol. The number of ketones is 1. The van der Waals surface area contributed by atoms with Crippen LogP contribution in [0.5, 0.6) is 0 Å². The second-order valence-electron chi connectivity index (χ2n) is 3.26. The van der Waals surface area contributed by atoms with Gasteiger partial charge in [0.2, 0.25) is 0 Å². The topological polar surface area (TPSA) is 58.8 Å². The van der Waals surface area contributed by atoms with E-state index in [0.717, 1.165) is 0 Å². The predicted octanol–water partition coefficient (Wildman–Crippen LogP) is 1.84. The number of aromatic nitrogens is 1. The zero-order chi connectivity index (χ0) is 11.0. The molecular formula is C11H9NO3. The number of pyridine rings is 1. The van der Waals surface area contributed by atoms with Gasteiger partial charge in [-0.3, -0.25) is 4.79 Å². The first kappa shape index (κ1) is 9.45. The maximum Gasteiger partial charge on any atom is 0.337 e. The lowest BCUT2D eigenvalue weighted by Gasteiger charge is -1.97. The number of Topliss-reactive ketones (excluding diaryl/α,β-unsaturated/α-hetero) is 1. The van der Waals surface area contributed by atoms with Crippen molar-refractivity contribution in [1.29, 1.82) is 0 Å². The van der Waals surface area contributed by atoms with E-state index in [2.05, 4.69) is 0 Å². The number of hydrogen-bond donors (Lipinski definition) is 1. The van der Waals surface area contributed by atoms with Crippen molar-refractivity contribution in [3.05, 3.63) is 41.7 Å². The van der Waals surface area contributed by atoms with Gasteiger partial charge >= 0.3 is 5.97 Å². The molecule has 76 valence electrons. The summed E-state index contributed by atoms with van der Waals surface area (Å²) in [5.41, 5.74) is 1.08. The molecule has 0 aromatic carbocycles. The summed E-state index contributed by atoms with van der Waals surface area (Å²) in [6.07, 6.45) is 1.68. The molecule has 0 bridgehead atoms. The second-order valence-corrected chi connectivity index (χ2v) is 3.26. The van der Waals surface area contributed by atoms with Gasteiger partial charge in [-0.05, 0) is 18.2 Å². The molecule has 0 aliphatic rings. The van der Waals surface area contributed by atoms with Crippen molar-refractivity contribution in [2.24, 2.45) is 0 Å². The summed E-state index contributed by atoms with van der Waals surface area (Å²) in [4.78, 5) is 22.2. The molecule has 0 saturated heterocycles. The molecule has 0 aliphatic carbocycles. The van der Waals surface area contributed by atoms with Crippen molar-refractivity contribution < 1.29 is 14.7 Å². The minimum Gasteiger partial charge on any atom is -0.478 e. The van der Waals surface area contributed by atoms with Crippen molar-refractivity contribution in [1.82, 2.24) is 4.40 Å². The summed E-state index contributed by atoms with van der Waals surface area (Å²) in [5.74, 6) is -1.17. The Labute approximate surface area is 85.8 Å². The van der Waals surface area contributed by atoms with Gasteiger partial charge in [0.25, 0.3) is 0 Å². The summed E-state index contributed by atoms with van der Waals surface area (Å²) in [5, 5.41) is 8.95. The van der Waals surface area contributed by atoms with E-state index in [1.54, 1.807) is 28.8 Å². The van der Waals surface area contributed by atoms with Crippen molar-refractivity contribution in [3.63, 3.8) is 0 Å². The Balaban J connectivity index is 2.85. The highest BCUT2D eigenvalue weighted by Gasteiger charge is 2.15. The molecule has 0 aliphatic heterocycles. The van der Waals surface area contributed by atoms with Crippen LogP contribution in [0, 0.1) is 0 Å². The largest absolute Gasteiger partial charge is 0.478 e. The number of carbonyl (C=O) groups excluding carboxylic acids is 1. The number of nitrogens with zero attached hydrogens (tertiary/aromatic N) is 1. The maximum absolute atomic E-state index is 11.3. The van der Waals surface area contributed by atoms with Crippen LogP contribution in [0.15, 0.2) is 30.5 Å². The van der Waals surface area contributed by atoms with E-state index in [9.17, 15) is 9.59 Å². The number of aromatic carboxylic acids is 1. The highest BCUT2D eigenvalue weighted by molar-refractivity contribution is 6.02. The van der Waals surface area contributed by atoms with Gasteiger partial charge < -0.3 is 9.51 Å². The second kappa shape index (κ2) is 3.24. The summed E-state index contributed by atoms with van der Waals surface area (Å²) < 4.78 is 1.59. The average Bonchev–Trinajstić information content (AvgIpc) is 2.56. The van der Waals surface area contributed by atoms with Gasteiger partial charge in [-0.15, -0.1) is 0 Å². The fourth-order valence-corrected chi connectivity index (χ4v) is 1.60. The smallest absolute Gasteiger partial charge is 0.337 e. The van der Waals surface area contributed by atoms with Crippen molar-refractivity contribution in [3.8, 4) is 0 Å². The number of fused-ring (bicyclic) bond motifs is 1. The first-order chi connectivity index (χ1) is 7.11. The Kier molecular flexibility index (Phi) is 2.04. The van der Waals surface area contributed by atoms with Crippen LogP contribution in [-0.4, -0.2) is 21.3 Å². The normalized spacial score (nSPS) is 10.5. The van der Waals surface area contributed by atoms with Crippen LogP contribution in [0.3, 0.4) is 0 Å². The van der Waals surface area contributed by atoms with E-state index in [4.69, 9.17) is 5.11 Å². The van der Waals surface area contributed by atoms with Crippen LogP contribution in [0.4, 0.5) is 0 Å². The van der Waals surface area contributed by atoms with Crippen LogP contribution in [-0.2, 0) is 0 Å². The molecule has 0 unspecified atom stereocenters. The number of carboxylic acid groups (broad SMARTS) is 1. The quantitative estimate of drug-likeness (QED) is 0.757. The molecule has 15 heavy (non-hydrogen) atoms. The Bertz CT molecular complexity index is 506. The molecule has 0 radical (unpaired) electrons. The third-order valence-electron chi connectivity index (χ3n) is 2.27. The van der Waals surface area contributed by atoms with Crippen LogP contribution >= 0.6 is 0 Å². The number of carbonyl (C=O) groups is 2. The van der Waals surface area contributed by atoms with E-state index in [1.165, 1.54) is 13.0 Å². The summed E-state index contributed by atoms with van der Waals surface area (Å²) in [6.45, 7) is 1.42. The van der Waals surface area contributed by atoms with Crippen LogP contribution < -0.4 is 0 Å². The maximum atomic E-state index is 11.3. The van der Waals surface area contributed by atoms with Gasteiger partial charge in [0, 0.05) is 13.1 Å². The van der Waals surface area contributed by atoms with Gasteiger partial charge in [0.15, 0.2) is 5.78 Å². The van der Waals surface area contributed by atoms with Crippen molar-refractivity contribution in [2.75, 3.05) is 0 Å². The van der Waals surface area contributed by atoms with E-state index < -0.39 is 5.97 Å². The first-order valence-corrected chi connectivity index (χ1v) is 4.45. The van der Waals surface area contributed by atoms with Crippen molar-refractivity contribution in [2.45, 2.75) is 6.92 Å². The van der Waals surface area contributed by atoms with E-state index >= 15 is 0 Å². The Morgan fingerprint density at radius 3 is 2.67 bits per heavy atom. The van der Waals surface area contributed by atoms with Gasteiger partial charge in [-0.2, -0.15) is 0 Å². The molecule has 0 saturated carbocycles. The Morgan fingerprint density at radius 1 is 1.33 bits per heavy atom. The SMILES string of the molecule is CC(=O)c1cc(C(=O)O)c2ccccn12. The predicted molar refractivity (Wildman–Crippen MR) is 54.4 cm³/mol. The summed E-state index contributed by atoms with van der Waals surface area (Å²) in [7, 11) is 0. The molecule has 0 fully saturated rings. The van der Waals surface area contributed by atoms with Gasteiger partial charge in [-0.25, -0.2) is 4.79 Å². The van der Waals surface area contributed by atoms with E-state index in [0.29, 0.717) is 11.2 Å². The lowest BCUT2D eigenvalue weighted by atomic mass is 10.2. The number of rotatable bonds is 2. The first-order valence-electron chi connectivity index (χ1n) is 4.45. The molecule has 2 rings (SSSR count). The molecule has 2 aromatic heterocycles. The van der Waals surface area contributed by atoms with Crippen LogP contribution in [0.25, 0.3) is 5.52 Å². The molecule has 1 N–H and O–H groups in total.